The van der Waals surface area contributed by atoms with Crippen LogP contribution in [0.15, 0.2) is 97.1 Å². The SMILES string of the molecule is N=C(N)Nc1ccc(C(=O)Oc2ccc(CNS(=O)(=O)N(CCOCCOCCOCCOCCOCCOCCN(C(CC(=O)O)C(=O)O)S(=O)(=O)NCc3ccc(OC(=O)c4ccc(NC(=N)N)cc4)cc3)C(CC(=O)O)C(=O)O)cc2)cc1. The number of esters is 2. The molecule has 0 amide bonds. The molecule has 86 heavy (non-hydrogen) atoms. The van der Waals surface area contributed by atoms with Gasteiger partial charge < -0.3 is 80.4 Å². The first kappa shape index (κ1) is 70.2. The van der Waals surface area contributed by atoms with E-state index in [1.807, 2.05) is 0 Å². The van der Waals surface area contributed by atoms with Gasteiger partial charge >= 0.3 is 35.8 Å². The number of ether oxygens (including phenoxy) is 8. The Balaban J connectivity index is 1.07. The quantitative estimate of drug-likeness (QED) is 0.00952. The van der Waals surface area contributed by atoms with Gasteiger partial charge in [0.2, 0.25) is 0 Å². The molecule has 4 rings (SSSR count). The number of nitrogens with two attached hydrogens (primary N) is 2. The van der Waals surface area contributed by atoms with E-state index in [-0.39, 0.29) is 127 Å². The summed E-state index contributed by atoms with van der Waals surface area (Å²) >= 11 is 0. The molecular weight excluding hydrogens is 1180 g/mol. The van der Waals surface area contributed by atoms with Gasteiger partial charge in [0.15, 0.2) is 11.9 Å². The van der Waals surface area contributed by atoms with E-state index >= 15 is 0 Å². The van der Waals surface area contributed by atoms with Gasteiger partial charge in [0.1, 0.15) is 23.6 Å². The van der Waals surface area contributed by atoms with Crippen molar-refractivity contribution in [2.75, 3.05) is 103 Å². The Morgan fingerprint density at radius 3 is 0.977 bits per heavy atom. The minimum Gasteiger partial charge on any atom is -0.481 e. The average molecular weight is 1250 g/mol. The van der Waals surface area contributed by atoms with E-state index in [1.54, 1.807) is 0 Å². The lowest BCUT2D eigenvalue weighted by Crippen LogP contribution is -2.51. The molecule has 4 aromatic carbocycles. The Morgan fingerprint density at radius 1 is 0.442 bits per heavy atom. The summed E-state index contributed by atoms with van der Waals surface area (Å²) in [5, 5.41) is 58.0. The molecule has 0 aliphatic carbocycles. The Hall–Kier alpha value is -8.26. The summed E-state index contributed by atoms with van der Waals surface area (Å²) in [6.07, 6.45) is -2.09. The Kier molecular flexibility index (Phi) is 29.9. The Bertz CT molecular complexity index is 2880. The second-order valence-electron chi connectivity index (χ2n) is 17.8. The highest BCUT2D eigenvalue weighted by Crippen LogP contribution is 2.20. The maximum atomic E-state index is 13.4. The van der Waals surface area contributed by atoms with E-state index in [0.717, 1.165) is 0 Å². The van der Waals surface area contributed by atoms with Crippen molar-refractivity contribution in [3.8, 4) is 11.5 Å². The first-order valence-corrected chi connectivity index (χ1v) is 28.7. The molecular formula is C52H68N10O22S2. The molecule has 0 aromatic heterocycles. The first-order chi connectivity index (χ1) is 40.9. The summed E-state index contributed by atoms with van der Waals surface area (Å²) in [4.78, 5) is 72.4. The van der Waals surface area contributed by atoms with E-state index < -0.39 is 94.2 Å². The molecule has 0 saturated carbocycles. The topological polar surface area (TPSA) is 480 Å². The normalized spacial score (nSPS) is 12.3. The van der Waals surface area contributed by atoms with Crippen molar-refractivity contribution in [1.29, 1.82) is 10.8 Å². The second-order valence-corrected chi connectivity index (χ2v) is 21.2. The standard InChI is InChI=1S/C52H68N10O22S2/c53-51(54)59-39-9-5-37(6-10-39)49(71)83-41-13-1-35(2-14-41)33-57-85(73,74)61(43(47(67)68)31-45(63)64)17-19-77-21-23-79-25-27-81-29-30-82-28-26-80-24-22-78-20-18-62(44(48(69)70)32-46(65)66)86(75,76)58-34-36-3-15-42(16-4-36)84-50(72)38-7-11-40(12-8-38)60-52(55)56/h1-16,43-44,57-58H,17-34H2,(H,63,64)(H,65,66)(H,67,68)(H,69,70)(H4,53,54,59)(H4,55,56,60). The number of carboxylic acid groups (broad SMARTS) is 4. The number of hydrogen-bond donors (Lipinski definition) is 12. The predicted molar refractivity (Wildman–Crippen MR) is 304 cm³/mol. The van der Waals surface area contributed by atoms with Crippen LogP contribution in [-0.4, -0.2) is 198 Å². The van der Waals surface area contributed by atoms with Crippen molar-refractivity contribution in [1.82, 2.24) is 18.1 Å². The maximum Gasteiger partial charge on any atom is 0.343 e. The molecule has 0 saturated heterocycles. The lowest BCUT2D eigenvalue weighted by atomic mass is 10.2. The highest BCUT2D eigenvalue weighted by atomic mass is 32.2. The smallest absolute Gasteiger partial charge is 0.343 e. The molecule has 32 nitrogen and oxygen atoms in total. The van der Waals surface area contributed by atoms with Crippen molar-refractivity contribution in [3.05, 3.63) is 119 Å². The number of benzene rings is 4. The fraction of sp³-hybridized carbons (Fsp3) is 0.385. The van der Waals surface area contributed by atoms with Crippen molar-refractivity contribution >= 4 is 79.5 Å². The van der Waals surface area contributed by atoms with Crippen LogP contribution in [0.4, 0.5) is 11.4 Å². The van der Waals surface area contributed by atoms with Gasteiger partial charge in [0.05, 0.1) is 103 Å². The molecule has 0 heterocycles. The number of carbonyl (C=O) groups excluding carboxylic acids is 2. The summed E-state index contributed by atoms with van der Waals surface area (Å²) in [5.74, 6) is -8.18. The summed E-state index contributed by atoms with van der Waals surface area (Å²) in [6, 6.07) is 19.5. The van der Waals surface area contributed by atoms with E-state index in [9.17, 15) is 66.0 Å². The number of guanidine groups is 2. The summed E-state index contributed by atoms with van der Waals surface area (Å²) in [5.41, 5.74) is 12.7. The molecule has 34 heteroatoms. The van der Waals surface area contributed by atoms with Crippen LogP contribution in [0.5, 0.6) is 11.5 Å². The summed E-state index contributed by atoms with van der Waals surface area (Å²) < 4.78 is 102. The minimum absolute atomic E-state index is 0.0361. The van der Waals surface area contributed by atoms with Crippen molar-refractivity contribution in [2.24, 2.45) is 11.5 Å². The third kappa shape index (κ3) is 26.3. The van der Waals surface area contributed by atoms with E-state index in [4.69, 9.17) is 60.2 Å². The van der Waals surface area contributed by atoms with Crippen molar-refractivity contribution in [3.63, 3.8) is 0 Å². The van der Waals surface area contributed by atoms with Crippen LogP contribution < -0.4 is 41.0 Å². The van der Waals surface area contributed by atoms with Gasteiger partial charge in [-0.05, 0) is 83.9 Å². The zero-order valence-corrected chi connectivity index (χ0v) is 47.8. The van der Waals surface area contributed by atoms with Crippen LogP contribution in [-0.2, 0) is 81.1 Å². The second kappa shape index (κ2) is 36.6. The molecule has 2 unspecified atom stereocenters. The Morgan fingerprint density at radius 2 is 0.721 bits per heavy atom. The van der Waals surface area contributed by atoms with Crippen LogP contribution in [0.25, 0.3) is 0 Å². The number of rotatable bonds is 43. The number of nitrogens with one attached hydrogen (secondary N) is 6. The molecule has 0 spiro atoms. The van der Waals surface area contributed by atoms with Gasteiger partial charge in [-0.1, -0.05) is 24.3 Å². The van der Waals surface area contributed by atoms with Gasteiger partial charge in [0, 0.05) is 37.6 Å². The third-order valence-electron chi connectivity index (χ3n) is 11.4. The molecule has 0 fully saturated rings. The number of carbonyl (C=O) groups is 6. The van der Waals surface area contributed by atoms with E-state index in [1.165, 1.54) is 97.1 Å². The zero-order chi connectivity index (χ0) is 63.1. The average Bonchev–Trinajstić information content (AvgIpc) is 2.40. The lowest BCUT2D eigenvalue weighted by molar-refractivity contribution is -0.148. The van der Waals surface area contributed by atoms with Gasteiger partial charge in [-0.25, -0.2) is 9.59 Å². The predicted octanol–water partition coefficient (Wildman–Crippen LogP) is 0.664. The molecule has 0 aliphatic heterocycles. The number of nitrogens with zero attached hydrogens (tertiary/aromatic N) is 2. The number of hydrogen-bond acceptors (Lipinski definition) is 20. The molecule has 0 bridgehead atoms. The van der Waals surface area contributed by atoms with Crippen LogP contribution in [0, 0.1) is 10.8 Å². The van der Waals surface area contributed by atoms with Crippen molar-refractivity contribution < 1.29 is 104 Å². The number of aliphatic carboxylic acids is 4. The fourth-order valence-electron chi connectivity index (χ4n) is 7.24. The van der Waals surface area contributed by atoms with Crippen LogP contribution in [0.3, 0.4) is 0 Å². The summed E-state index contributed by atoms with van der Waals surface area (Å²) in [7, 11) is -9.24. The van der Waals surface area contributed by atoms with Crippen LogP contribution >= 0.6 is 0 Å². The highest BCUT2D eigenvalue weighted by Gasteiger charge is 2.38. The molecule has 0 aliphatic rings. The maximum absolute atomic E-state index is 13.4. The third-order valence-corrected chi connectivity index (χ3v) is 14.5. The molecule has 4 aromatic rings. The van der Waals surface area contributed by atoms with Gasteiger partial charge in [-0.15, -0.1) is 0 Å². The van der Waals surface area contributed by atoms with Gasteiger partial charge in [-0.3, -0.25) is 30.0 Å². The number of carboxylic acids is 4. The van der Waals surface area contributed by atoms with E-state index in [0.29, 0.717) is 31.1 Å². The first-order valence-electron chi connectivity index (χ1n) is 25.9. The van der Waals surface area contributed by atoms with Gasteiger partial charge in [0.25, 0.3) is 20.4 Å². The fourth-order valence-corrected chi connectivity index (χ4v) is 9.90. The summed E-state index contributed by atoms with van der Waals surface area (Å²) in [6.45, 7) is -1.37. The van der Waals surface area contributed by atoms with E-state index in [2.05, 4.69) is 20.1 Å². The number of anilines is 2. The van der Waals surface area contributed by atoms with Crippen LogP contribution in [0.1, 0.15) is 44.7 Å². The Labute approximate surface area is 493 Å². The molecule has 14 N–H and O–H groups in total. The highest BCUT2D eigenvalue weighted by molar-refractivity contribution is 7.87. The zero-order valence-electron chi connectivity index (χ0n) is 46.1. The largest absolute Gasteiger partial charge is 0.481 e. The molecule has 470 valence electrons. The minimum atomic E-state index is -4.62. The molecule has 0 radical (unpaired) electrons. The van der Waals surface area contributed by atoms with Crippen molar-refractivity contribution in [2.45, 2.75) is 38.0 Å². The van der Waals surface area contributed by atoms with Crippen LogP contribution in [0.2, 0.25) is 0 Å². The van der Waals surface area contributed by atoms with Gasteiger partial charge in [-0.2, -0.15) is 34.9 Å². The molecule has 2 atom stereocenters. The lowest BCUT2D eigenvalue weighted by Gasteiger charge is -2.27. The monoisotopic (exact) mass is 1250 g/mol.